The molecule has 2 aromatic heterocycles. The maximum absolute atomic E-state index is 16.0. The van der Waals surface area contributed by atoms with E-state index in [1.54, 1.807) is 33.4 Å². The van der Waals surface area contributed by atoms with Gasteiger partial charge < -0.3 is 47.8 Å². The highest BCUT2D eigenvalue weighted by atomic mass is 19.1. The fraction of sp³-hybridized carbons (Fsp3) is 0.389. The van der Waals surface area contributed by atoms with E-state index >= 15 is 8.78 Å². The molecule has 9 rings (SSSR count). The van der Waals surface area contributed by atoms with Crippen molar-refractivity contribution in [3.05, 3.63) is 131 Å². The van der Waals surface area contributed by atoms with Gasteiger partial charge in [0.2, 0.25) is 0 Å². The molecule has 15 nitrogen and oxygen atoms in total. The molecule has 372 valence electrons. The van der Waals surface area contributed by atoms with Gasteiger partial charge in [0.05, 0.1) is 23.0 Å². The zero-order valence-corrected chi connectivity index (χ0v) is 39.9. The fourth-order valence-corrected chi connectivity index (χ4v) is 10.6. The van der Waals surface area contributed by atoms with Crippen molar-refractivity contribution in [2.24, 2.45) is 0 Å². The minimum atomic E-state index is -1.49. The van der Waals surface area contributed by atoms with Crippen LogP contribution in [-0.4, -0.2) is 99.0 Å². The summed E-state index contributed by atoms with van der Waals surface area (Å²) in [6, 6.07) is 26.6. The van der Waals surface area contributed by atoms with Gasteiger partial charge in [-0.2, -0.15) is 0 Å². The number of aromatic nitrogens is 2. The summed E-state index contributed by atoms with van der Waals surface area (Å²) in [5.41, 5.74) is 4.57. The van der Waals surface area contributed by atoms with Crippen LogP contribution >= 0.6 is 0 Å². The van der Waals surface area contributed by atoms with E-state index in [9.17, 15) is 24.0 Å². The molecule has 0 saturated carbocycles. The summed E-state index contributed by atoms with van der Waals surface area (Å²) in [4.78, 5) is 73.4. The smallest absolute Gasteiger partial charge is 0.410 e. The van der Waals surface area contributed by atoms with Crippen molar-refractivity contribution in [2.75, 3.05) is 13.1 Å². The molecule has 17 heteroatoms. The molecular formula is C54H56F2N4O11. The highest BCUT2D eigenvalue weighted by molar-refractivity contribution is 5.97. The topological polar surface area (TPSA) is 168 Å². The number of hydrogen-bond donors (Lipinski definition) is 1. The van der Waals surface area contributed by atoms with Crippen molar-refractivity contribution in [3.8, 4) is 11.4 Å². The molecule has 5 heterocycles. The van der Waals surface area contributed by atoms with Crippen LogP contribution in [0.4, 0.5) is 18.4 Å². The third kappa shape index (κ3) is 10.5. The molecule has 1 N–H and O–H groups in total. The lowest BCUT2D eigenvalue weighted by Gasteiger charge is -2.44. The maximum atomic E-state index is 16.0. The van der Waals surface area contributed by atoms with Crippen LogP contribution in [0.1, 0.15) is 81.9 Å². The molecule has 3 aliphatic heterocycles. The lowest BCUT2D eigenvalue weighted by molar-refractivity contribution is -0.258. The van der Waals surface area contributed by atoms with E-state index < -0.39 is 78.4 Å². The Labute approximate surface area is 408 Å². The Balaban J connectivity index is 1.22. The van der Waals surface area contributed by atoms with Crippen molar-refractivity contribution >= 4 is 51.9 Å². The van der Waals surface area contributed by atoms with Gasteiger partial charge in [0, 0.05) is 62.2 Å². The number of benzene rings is 4. The molecule has 0 bridgehead atoms. The van der Waals surface area contributed by atoms with Gasteiger partial charge in [-0.15, -0.1) is 0 Å². The normalized spacial score (nSPS) is 22.1. The molecule has 7 atom stereocenters. The summed E-state index contributed by atoms with van der Waals surface area (Å²) in [6.45, 7) is 6.15. The van der Waals surface area contributed by atoms with Crippen LogP contribution in [-0.2, 0) is 68.9 Å². The van der Waals surface area contributed by atoms with Crippen LogP contribution in [0, 0.1) is 11.6 Å². The molecule has 0 aliphatic carbocycles. The number of halogens is 2. The molecule has 71 heavy (non-hydrogen) atoms. The first-order valence-corrected chi connectivity index (χ1v) is 24.0. The first-order valence-electron chi connectivity index (χ1n) is 24.0. The zero-order valence-electron chi connectivity index (χ0n) is 39.9. The Bertz CT molecular complexity index is 2940. The number of esters is 3. The third-order valence-electron chi connectivity index (χ3n) is 13.6. The SMILES string of the molecule is CC(=O)O[C@@H]1[C@H](OC(C)=O)[C@H](C)O[C@H](n2c(-c3[nH]c4cc(F)ccc4c3CC3CCCN3C(=O)OCc3ccccc3)c(C[C@@H]3CCCN3C(=O)OCc3ccccc3)c3ccc(F)cc32)[C@H]1OC(C)=O. The van der Waals surface area contributed by atoms with Crippen molar-refractivity contribution in [3.63, 3.8) is 0 Å². The fourth-order valence-electron chi connectivity index (χ4n) is 10.6. The number of hydrogen-bond acceptors (Lipinski definition) is 11. The first kappa shape index (κ1) is 48.7. The number of H-pyrrole nitrogens is 1. The van der Waals surface area contributed by atoms with Crippen molar-refractivity contribution in [1.29, 1.82) is 0 Å². The van der Waals surface area contributed by atoms with Crippen LogP contribution < -0.4 is 0 Å². The number of fused-ring (bicyclic) bond motifs is 2. The zero-order chi connectivity index (χ0) is 49.9. The van der Waals surface area contributed by atoms with Crippen molar-refractivity contribution < 1.29 is 61.2 Å². The molecule has 3 saturated heterocycles. The molecule has 1 unspecified atom stereocenters. The highest BCUT2D eigenvalue weighted by Gasteiger charge is 2.52. The summed E-state index contributed by atoms with van der Waals surface area (Å²) in [5.74, 6) is -3.37. The Kier molecular flexibility index (Phi) is 14.4. The molecule has 2 amide bonds. The monoisotopic (exact) mass is 974 g/mol. The van der Waals surface area contributed by atoms with Gasteiger partial charge >= 0.3 is 30.1 Å². The number of nitrogens with zero attached hydrogens (tertiary/aromatic N) is 3. The van der Waals surface area contributed by atoms with E-state index in [4.69, 9.17) is 28.4 Å². The molecule has 0 spiro atoms. The standard InChI is InChI=1S/C54H56F2N4O11/c1-31-49(69-32(2)61)50(70-33(3)62)51(71-34(4)63)52(68-31)60-46-26-38(56)20-22-42(46)44(28-40-18-12-24-59(40)54(65)67-30-36-15-9-6-10-16-36)48(60)47-43(41-21-19-37(55)25-45(41)57-47)27-39-17-11-23-58(39)53(64)66-29-35-13-7-5-8-14-35/h5-10,13-16,19-22,25-26,31,39-40,49-52,57H,11-12,17-18,23-24,27-30H2,1-4H3/t31-,39?,40-,49+,50+,51-,52-/m0/s1. The van der Waals surface area contributed by atoms with E-state index in [2.05, 4.69) is 4.98 Å². The van der Waals surface area contributed by atoms with Crippen LogP contribution in [0.5, 0.6) is 0 Å². The third-order valence-corrected chi connectivity index (χ3v) is 13.6. The minimum absolute atomic E-state index is 0.0618. The minimum Gasteiger partial charge on any atom is -0.456 e. The summed E-state index contributed by atoms with van der Waals surface area (Å²) in [6.07, 6.45) is -4.48. The predicted molar refractivity (Wildman–Crippen MR) is 256 cm³/mol. The van der Waals surface area contributed by atoms with Gasteiger partial charge in [-0.05, 0) is 104 Å². The molecule has 3 fully saturated rings. The van der Waals surface area contributed by atoms with E-state index in [1.165, 1.54) is 45.0 Å². The van der Waals surface area contributed by atoms with E-state index in [-0.39, 0.29) is 37.6 Å². The van der Waals surface area contributed by atoms with Crippen molar-refractivity contribution in [1.82, 2.24) is 19.4 Å². The van der Waals surface area contributed by atoms with Gasteiger partial charge in [-0.25, -0.2) is 18.4 Å². The van der Waals surface area contributed by atoms with Crippen molar-refractivity contribution in [2.45, 2.75) is 122 Å². The first-order chi connectivity index (χ1) is 34.2. The second-order valence-electron chi connectivity index (χ2n) is 18.4. The largest absolute Gasteiger partial charge is 0.456 e. The number of ether oxygens (including phenoxy) is 6. The van der Waals surface area contributed by atoms with Gasteiger partial charge in [-0.3, -0.25) is 14.4 Å². The van der Waals surface area contributed by atoms with Crippen LogP contribution in [0.3, 0.4) is 0 Å². The summed E-state index contributed by atoms with van der Waals surface area (Å²) in [7, 11) is 0. The number of amides is 2. The average Bonchev–Trinajstić information content (AvgIpc) is 4.15. The van der Waals surface area contributed by atoms with Crippen LogP contribution in [0.2, 0.25) is 0 Å². The van der Waals surface area contributed by atoms with Gasteiger partial charge in [-0.1, -0.05) is 60.7 Å². The number of rotatable bonds is 13. The number of carbonyl (C=O) groups is 5. The molecule has 4 aromatic carbocycles. The molecular weight excluding hydrogens is 919 g/mol. The number of likely N-dealkylation sites (tertiary alicyclic amines) is 2. The average molecular weight is 975 g/mol. The Hall–Kier alpha value is -7.27. The van der Waals surface area contributed by atoms with Gasteiger partial charge in [0.25, 0.3) is 0 Å². The lowest BCUT2D eigenvalue weighted by atomic mass is 9.94. The van der Waals surface area contributed by atoms with E-state index in [1.807, 2.05) is 60.7 Å². The van der Waals surface area contributed by atoms with E-state index in [0.29, 0.717) is 77.6 Å². The number of aromatic amines is 1. The van der Waals surface area contributed by atoms with Crippen LogP contribution in [0.25, 0.3) is 33.2 Å². The predicted octanol–water partition coefficient (Wildman–Crippen LogP) is 9.47. The highest BCUT2D eigenvalue weighted by Crippen LogP contribution is 2.46. The van der Waals surface area contributed by atoms with Crippen LogP contribution in [0.15, 0.2) is 97.1 Å². The molecule has 0 radical (unpaired) electrons. The maximum Gasteiger partial charge on any atom is 0.410 e. The van der Waals surface area contributed by atoms with E-state index in [0.717, 1.165) is 11.1 Å². The Morgan fingerprint density at radius 1 is 0.634 bits per heavy atom. The molecule has 3 aliphatic rings. The second kappa shape index (κ2) is 21.0. The van der Waals surface area contributed by atoms with Gasteiger partial charge in [0.15, 0.2) is 24.5 Å². The lowest BCUT2D eigenvalue weighted by Crippen LogP contribution is -2.58. The Morgan fingerprint density at radius 3 is 1.70 bits per heavy atom. The van der Waals surface area contributed by atoms with Gasteiger partial charge in [0.1, 0.15) is 24.8 Å². The quantitative estimate of drug-likeness (QED) is 0.0865. The number of nitrogens with one attached hydrogen (secondary N) is 1. The summed E-state index contributed by atoms with van der Waals surface area (Å²) < 4.78 is 69.1. The molecule has 6 aromatic rings. The second-order valence-corrected chi connectivity index (χ2v) is 18.4. The summed E-state index contributed by atoms with van der Waals surface area (Å²) in [5, 5.41) is 1.20. The summed E-state index contributed by atoms with van der Waals surface area (Å²) >= 11 is 0. The number of carbonyl (C=O) groups excluding carboxylic acids is 5. The Morgan fingerprint density at radius 2 is 1.14 bits per heavy atom.